The molecule has 2 aliphatic rings. The first-order valence-electron chi connectivity index (χ1n) is 8.50. The number of carbonyl (C=O) groups excluding carboxylic acids is 1. The fourth-order valence-corrected chi connectivity index (χ4v) is 4.84. The predicted molar refractivity (Wildman–Crippen MR) is 89.7 cm³/mol. The van der Waals surface area contributed by atoms with E-state index in [2.05, 4.69) is 0 Å². The number of nitrogens with zero attached hydrogens (tertiary/aromatic N) is 2. The molecule has 0 aliphatic carbocycles. The van der Waals surface area contributed by atoms with Crippen molar-refractivity contribution in [1.29, 1.82) is 0 Å². The molecule has 156 valence electrons. The van der Waals surface area contributed by atoms with Gasteiger partial charge in [0.05, 0.1) is 5.75 Å². The highest BCUT2D eigenvalue weighted by Crippen LogP contribution is 2.38. The number of amides is 1. The molecule has 0 unspecified atom stereocenters. The minimum atomic E-state index is -3.62. The zero-order valence-corrected chi connectivity index (χ0v) is 15.4. The van der Waals surface area contributed by atoms with E-state index in [4.69, 9.17) is 5.73 Å². The highest BCUT2D eigenvalue weighted by atomic mass is 32.2. The van der Waals surface area contributed by atoms with Gasteiger partial charge in [0.25, 0.3) is 0 Å². The molecule has 12 heteroatoms. The van der Waals surface area contributed by atoms with Crippen LogP contribution in [0.5, 0.6) is 0 Å². The number of carbonyl (C=O) groups is 1. The summed E-state index contributed by atoms with van der Waals surface area (Å²) >= 11 is 0. The molecule has 2 N–H and O–H groups in total. The van der Waals surface area contributed by atoms with Gasteiger partial charge in [-0.05, 0) is 0 Å². The van der Waals surface area contributed by atoms with Gasteiger partial charge in [0, 0.05) is 44.6 Å². The smallest absolute Gasteiger partial charge is 0.237 e. The summed E-state index contributed by atoms with van der Waals surface area (Å²) in [6.07, 6.45) is 0. The molecule has 2 saturated heterocycles. The summed E-state index contributed by atoms with van der Waals surface area (Å²) in [7, 11) is -3.62. The second-order valence-electron chi connectivity index (χ2n) is 7.02. The van der Waals surface area contributed by atoms with Crippen molar-refractivity contribution in [1.82, 2.24) is 4.90 Å². The molecular weight excluding hydrogens is 409 g/mol. The van der Waals surface area contributed by atoms with Crippen molar-refractivity contribution >= 4 is 21.4 Å². The average Bonchev–Trinajstić information content (AvgIpc) is 3.17. The summed E-state index contributed by atoms with van der Waals surface area (Å²) in [6.45, 7) is 0.170. The van der Waals surface area contributed by atoms with Crippen LogP contribution in [0, 0.1) is 40.9 Å². The second-order valence-corrected chi connectivity index (χ2v) is 9.21. The number of hydrogen-bond acceptors (Lipinski definition) is 5. The summed E-state index contributed by atoms with van der Waals surface area (Å²) < 4.78 is 91.5. The highest BCUT2D eigenvalue weighted by Gasteiger charge is 2.44. The minimum absolute atomic E-state index is 0.0116. The van der Waals surface area contributed by atoms with E-state index >= 15 is 0 Å². The molecule has 28 heavy (non-hydrogen) atoms. The predicted octanol–water partition coefficient (Wildman–Crippen LogP) is 0.650. The molecular formula is C16H18F5N3O3S. The number of benzene rings is 1. The van der Waals surface area contributed by atoms with E-state index in [-0.39, 0.29) is 50.3 Å². The average molecular weight is 427 g/mol. The largest absolute Gasteiger partial charge is 0.366 e. The third kappa shape index (κ3) is 3.66. The Morgan fingerprint density at radius 2 is 1.36 bits per heavy atom. The first-order chi connectivity index (χ1) is 13.1. The Bertz CT molecular complexity index is 868. The normalized spacial score (nSPS) is 22.1. The molecule has 1 amide bonds. The van der Waals surface area contributed by atoms with E-state index in [0.29, 0.717) is 0 Å². The fraction of sp³-hybridized carbons (Fsp3) is 0.562. The van der Waals surface area contributed by atoms with Crippen LogP contribution in [0.3, 0.4) is 0 Å². The lowest BCUT2D eigenvalue weighted by molar-refractivity contribution is -0.127. The van der Waals surface area contributed by atoms with Gasteiger partial charge in [0.2, 0.25) is 11.7 Å². The molecule has 0 aromatic heterocycles. The number of anilines is 1. The van der Waals surface area contributed by atoms with Crippen LogP contribution in [-0.4, -0.2) is 63.5 Å². The SMILES string of the molecule is NCCS(=O)(=O)CC(=O)N1C[C@@H]2CN(c3c(F)c(F)c(F)c(F)c3F)C[C@@H]2C1. The standard InChI is InChI=1S/C16H18F5N3O3S/c17-11-12(18)14(20)16(15(21)13(11)19)24-5-8-3-23(4-9(8)6-24)10(25)7-28(26,27)2-1-22/h8-9H,1-7,22H2/t8-,9+. The molecule has 2 atom stereocenters. The minimum Gasteiger partial charge on any atom is -0.366 e. The molecule has 0 radical (unpaired) electrons. The Balaban J connectivity index is 1.71. The van der Waals surface area contributed by atoms with Crippen molar-refractivity contribution in [2.24, 2.45) is 17.6 Å². The van der Waals surface area contributed by atoms with E-state index in [1.807, 2.05) is 0 Å². The second kappa shape index (κ2) is 7.47. The number of rotatable bonds is 5. The fourth-order valence-electron chi connectivity index (χ4n) is 3.78. The molecule has 3 rings (SSSR count). The molecule has 1 aromatic rings. The van der Waals surface area contributed by atoms with Crippen LogP contribution in [0.15, 0.2) is 0 Å². The third-order valence-electron chi connectivity index (χ3n) is 5.11. The Morgan fingerprint density at radius 1 is 0.893 bits per heavy atom. The molecule has 2 fully saturated rings. The van der Waals surface area contributed by atoms with Gasteiger partial charge in [-0.2, -0.15) is 0 Å². The van der Waals surface area contributed by atoms with Gasteiger partial charge in [0.1, 0.15) is 11.4 Å². The zero-order valence-electron chi connectivity index (χ0n) is 14.6. The lowest BCUT2D eigenvalue weighted by atomic mass is 10.0. The molecule has 0 saturated carbocycles. The Hall–Kier alpha value is -1.95. The van der Waals surface area contributed by atoms with Gasteiger partial charge in [-0.25, -0.2) is 30.4 Å². The van der Waals surface area contributed by atoms with Crippen LogP contribution in [0.4, 0.5) is 27.6 Å². The number of nitrogens with two attached hydrogens (primary N) is 1. The van der Waals surface area contributed by atoms with Gasteiger partial charge >= 0.3 is 0 Å². The van der Waals surface area contributed by atoms with E-state index < -0.39 is 56.3 Å². The van der Waals surface area contributed by atoms with Crippen LogP contribution in [0.1, 0.15) is 0 Å². The maximum absolute atomic E-state index is 14.0. The summed E-state index contributed by atoms with van der Waals surface area (Å²) in [5, 5.41) is 0. The first kappa shape index (κ1) is 20.8. The van der Waals surface area contributed by atoms with Crippen molar-refractivity contribution in [2.75, 3.05) is 49.1 Å². The number of fused-ring (bicyclic) bond motifs is 1. The summed E-state index contributed by atoms with van der Waals surface area (Å²) in [5.41, 5.74) is 4.22. The number of hydrogen-bond donors (Lipinski definition) is 1. The lowest BCUT2D eigenvalue weighted by Crippen LogP contribution is -2.38. The molecule has 1 aromatic carbocycles. The number of sulfone groups is 1. The van der Waals surface area contributed by atoms with Gasteiger partial charge in [-0.1, -0.05) is 0 Å². The highest BCUT2D eigenvalue weighted by molar-refractivity contribution is 7.92. The van der Waals surface area contributed by atoms with E-state index in [0.717, 1.165) is 4.90 Å². The molecule has 6 nitrogen and oxygen atoms in total. The molecule has 0 bridgehead atoms. The Labute approximate surface area is 158 Å². The summed E-state index contributed by atoms with van der Waals surface area (Å²) in [6, 6.07) is 0. The van der Waals surface area contributed by atoms with Gasteiger partial charge < -0.3 is 15.5 Å². The van der Waals surface area contributed by atoms with Crippen molar-refractivity contribution in [2.45, 2.75) is 0 Å². The topological polar surface area (TPSA) is 83.7 Å². The molecule has 0 spiro atoms. The van der Waals surface area contributed by atoms with Crippen LogP contribution in [0.25, 0.3) is 0 Å². The summed E-state index contributed by atoms with van der Waals surface area (Å²) in [4.78, 5) is 14.6. The van der Waals surface area contributed by atoms with E-state index in [1.54, 1.807) is 0 Å². The summed E-state index contributed by atoms with van der Waals surface area (Å²) in [5.74, 6) is -12.1. The van der Waals surface area contributed by atoms with E-state index in [1.165, 1.54) is 4.90 Å². The Morgan fingerprint density at radius 3 is 1.82 bits per heavy atom. The monoisotopic (exact) mass is 427 g/mol. The first-order valence-corrected chi connectivity index (χ1v) is 10.3. The van der Waals surface area contributed by atoms with E-state index in [9.17, 15) is 35.2 Å². The zero-order chi connectivity index (χ0) is 20.8. The quantitative estimate of drug-likeness (QED) is 0.424. The van der Waals surface area contributed by atoms with Gasteiger partial charge in [-0.15, -0.1) is 0 Å². The third-order valence-corrected chi connectivity index (χ3v) is 6.66. The van der Waals surface area contributed by atoms with Gasteiger partial charge in [-0.3, -0.25) is 4.79 Å². The van der Waals surface area contributed by atoms with Crippen LogP contribution >= 0.6 is 0 Å². The van der Waals surface area contributed by atoms with Crippen LogP contribution in [-0.2, 0) is 14.6 Å². The maximum atomic E-state index is 14.0. The van der Waals surface area contributed by atoms with Crippen LogP contribution in [0.2, 0.25) is 0 Å². The molecule has 2 aliphatic heterocycles. The van der Waals surface area contributed by atoms with Crippen LogP contribution < -0.4 is 10.6 Å². The van der Waals surface area contributed by atoms with Gasteiger partial charge in [0.15, 0.2) is 33.1 Å². The van der Waals surface area contributed by atoms with Crippen molar-refractivity contribution in [3.63, 3.8) is 0 Å². The maximum Gasteiger partial charge on any atom is 0.237 e. The van der Waals surface area contributed by atoms with Crippen molar-refractivity contribution < 1.29 is 35.2 Å². The molecule has 2 heterocycles. The number of halogens is 5. The lowest BCUT2D eigenvalue weighted by Gasteiger charge is -2.24. The van der Waals surface area contributed by atoms with Crippen molar-refractivity contribution in [3.8, 4) is 0 Å². The van der Waals surface area contributed by atoms with Crippen molar-refractivity contribution in [3.05, 3.63) is 29.1 Å². The Kier molecular flexibility index (Phi) is 5.54. The number of likely N-dealkylation sites (tertiary alicyclic amines) is 1.